The van der Waals surface area contributed by atoms with Crippen molar-refractivity contribution in [2.45, 2.75) is 65.2 Å². The monoisotopic (exact) mass is 532 g/mol. The summed E-state index contributed by atoms with van der Waals surface area (Å²) < 4.78 is 10.6. The van der Waals surface area contributed by atoms with E-state index >= 15 is 0 Å². The lowest BCUT2D eigenvalue weighted by molar-refractivity contribution is 0.0651. The number of ether oxygens (including phenoxy) is 2. The Kier molecular flexibility index (Phi) is 14.9. The number of carbonyl (C=O) groups is 4. The third-order valence-corrected chi connectivity index (χ3v) is 6.36. The average molecular weight is 533 g/mol. The molecule has 0 bridgehead atoms. The Balaban J connectivity index is 1.68. The van der Waals surface area contributed by atoms with Gasteiger partial charge in [-0.15, -0.1) is 0 Å². The zero-order valence-corrected chi connectivity index (χ0v) is 23.0. The summed E-state index contributed by atoms with van der Waals surface area (Å²) in [4.78, 5) is 52.0. The van der Waals surface area contributed by atoms with E-state index in [1.54, 1.807) is 24.3 Å². The summed E-state index contributed by atoms with van der Waals surface area (Å²) in [5.74, 6) is -0.427. The van der Waals surface area contributed by atoms with E-state index in [9.17, 15) is 19.2 Å². The van der Waals surface area contributed by atoms with Gasteiger partial charge in [-0.05, 0) is 44.4 Å². The maximum atomic E-state index is 12.5. The highest BCUT2D eigenvalue weighted by atomic mass is 16.6. The number of rotatable bonds is 19. The van der Waals surface area contributed by atoms with Crippen molar-refractivity contribution < 1.29 is 28.7 Å². The Morgan fingerprint density at radius 3 is 1.74 bits per heavy atom. The summed E-state index contributed by atoms with van der Waals surface area (Å²) in [5, 5.41) is 5.46. The molecule has 2 rings (SSSR count). The lowest BCUT2D eigenvalue weighted by Gasteiger charge is -2.22. The third-order valence-electron chi connectivity index (χ3n) is 6.36. The van der Waals surface area contributed by atoms with E-state index in [4.69, 9.17) is 9.47 Å². The van der Waals surface area contributed by atoms with Gasteiger partial charge in [0.05, 0.1) is 11.1 Å². The molecule has 0 unspecified atom stereocenters. The summed E-state index contributed by atoms with van der Waals surface area (Å²) in [6.07, 6.45) is 6.43. The van der Waals surface area contributed by atoms with Gasteiger partial charge in [-0.2, -0.15) is 0 Å². The quantitative estimate of drug-likeness (QED) is 0.203. The van der Waals surface area contributed by atoms with Crippen molar-refractivity contribution in [3.05, 3.63) is 35.4 Å². The lowest BCUT2D eigenvalue weighted by atomic mass is 10.1. The van der Waals surface area contributed by atoms with Crippen LogP contribution in [0.15, 0.2) is 24.3 Å². The molecule has 1 aliphatic rings. The van der Waals surface area contributed by atoms with Crippen LogP contribution >= 0.6 is 0 Å². The number of hydrogen-bond acceptors (Lipinski definition) is 7. The SMILES string of the molecule is CCCCNC(=O)OCCN(CCCCCCN1C(=O)c2ccccc2C1=O)CCOC(=O)NCCCC. The van der Waals surface area contributed by atoms with Crippen LogP contribution in [0.3, 0.4) is 0 Å². The lowest BCUT2D eigenvalue weighted by Crippen LogP contribution is -2.35. The van der Waals surface area contributed by atoms with Gasteiger partial charge in [-0.3, -0.25) is 19.4 Å². The summed E-state index contributed by atoms with van der Waals surface area (Å²) >= 11 is 0. The Hall–Kier alpha value is -3.14. The average Bonchev–Trinajstić information content (AvgIpc) is 3.15. The molecule has 0 spiro atoms. The van der Waals surface area contributed by atoms with Crippen LogP contribution in [0.25, 0.3) is 0 Å². The number of alkyl carbamates (subject to hydrolysis) is 2. The van der Waals surface area contributed by atoms with Crippen LogP contribution in [-0.2, 0) is 9.47 Å². The molecule has 0 saturated heterocycles. The van der Waals surface area contributed by atoms with Crippen molar-refractivity contribution in [1.29, 1.82) is 0 Å². The van der Waals surface area contributed by atoms with Crippen molar-refractivity contribution in [2.24, 2.45) is 0 Å². The highest BCUT2D eigenvalue weighted by Crippen LogP contribution is 2.22. The summed E-state index contributed by atoms with van der Waals surface area (Å²) in [7, 11) is 0. The Morgan fingerprint density at radius 1 is 0.737 bits per heavy atom. The molecule has 212 valence electrons. The van der Waals surface area contributed by atoms with Crippen molar-refractivity contribution in [3.8, 4) is 0 Å². The second-order valence-corrected chi connectivity index (χ2v) is 9.40. The van der Waals surface area contributed by atoms with E-state index in [1.165, 1.54) is 4.90 Å². The minimum absolute atomic E-state index is 0.214. The molecular weight excluding hydrogens is 488 g/mol. The van der Waals surface area contributed by atoms with E-state index in [2.05, 4.69) is 29.4 Å². The first-order valence-electron chi connectivity index (χ1n) is 14.0. The van der Waals surface area contributed by atoms with Crippen LogP contribution in [0.4, 0.5) is 9.59 Å². The topological polar surface area (TPSA) is 117 Å². The fraction of sp³-hybridized carbons (Fsp3) is 0.643. The molecule has 1 aromatic carbocycles. The van der Waals surface area contributed by atoms with Gasteiger partial charge in [0, 0.05) is 32.7 Å². The fourth-order valence-electron chi connectivity index (χ4n) is 4.11. The molecule has 2 N–H and O–H groups in total. The van der Waals surface area contributed by atoms with Crippen LogP contribution in [0.5, 0.6) is 0 Å². The highest BCUT2D eigenvalue weighted by molar-refractivity contribution is 6.21. The van der Waals surface area contributed by atoms with Crippen molar-refractivity contribution in [2.75, 3.05) is 52.5 Å². The van der Waals surface area contributed by atoms with Gasteiger partial charge in [0.1, 0.15) is 13.2 Å². The Labute approximate surface area is 226 Å². The predicted molar refractivity (Wildman–Crippen MR) is 145 cm³/mol. The van der Waals surface area contributed by atoms with E-state index in [1.807, 2.05) is 0 Å². The van der Waals surface area contributed by atoms with Crippen LogP contribution in [0.2, 0.25) is 0 Å². The summed E-state index contributed by atoms with van der Waals surface area (Å²) in [6, 6.07) is 6.93. The number of nitrogens with one attached hydrogen (secondary N) is 2. The summed E-state index contributed by atoms with van der Waals surface area (Å²) in [6.45, 7) is 8.06. The Bertz CT molecular complexity index is 831. The van der Waals surface area contributed by atoms with E-state index in [-0.39, 0.29) is 25.0 Å². The highest BCUT2D eigenvalue weighted by Gasteiger charge is 2.34. The molecule has 0 atom stereocenters. The first-order chi connectivity index (χ1) is 18.5. The minimum atomic E-state index is -0.418. The smallest absolute Gasteiger partial charge is 0.407 e. The number of unbranched alkanes of at least 4 members (excludes halogenated alkanes) is 5. The van der Waals surface area contributed by atoms with Crippen molar-refractivity contribution in [3.63, 3.8) is 0 Å². The maximum absolute atomic E-state index is 12.5. The van der Waals surface area contributed by atoms with Crippen LogP contribution in [-0.4, -0.2) is 86.3 Å². The molecule has 0 aliphatic carbocycles. The number of carbonyl (C=O) groups excluding carboxylic acids is 4. The number of nitrogens with zero attached hydrogens (tertiary/aromatic N) is 2. The van der Waals surface area contributed by atoms with Gasteiger partial charge in [-0.25, -0.2) is 9.59 Å². The first-order valence-corrected chi connectivity index (χ1v) is 14.0. The standard InChI is InChI=1S/C28H44N4O6/c1-3-5-15-29-27(35)37-21-19-31(20-22-38-28(36)30-16-6-4-2)17-11-7-8-12-18-32-25(33)23-13-9-10-14-24(23)26(32)34/h9-10,13-14H,3-8,11-12,15-22H2,1-2H3,(H,29,35)(H,30,36). The van der Waals surface area contributed by atoms with Gasteiger partial charge in [-0.1, -0.05) is 51.7 Å². The first kappa shape index (κ1) is 31.1. The number of amides is 4. The zero-order valence-electron chi connectivity index (χ0n) is 23.0. The van der Waals surface area contributed by atoms with E-state index < -0.39 is 12.2 Å². The molecule has 10 nitrogen and oxygen atoms in total. The van der Waals surface area contributed by atoms with Gasteiger partial charge >= 0.3 is 12.2 Å². The molecular formula is C28H44N4O6. The largest absolute Gasteiger partial charge is 0.448 e. The number of hydrogen-bond donors (Lipinski definition) is 2. The third kappa shape index (κ3) is 11.1. The molecule has 4 amide bonds. The molecule has 0 saturated carbocycles. The predicted octanol–water partition coefficient (Wildman–Crippen LogP) is 4.20. The van der Waals surface area contributed by atoms with Crippen LogP contribution in [0.1, 0.15) is 85.9 Å². The van der Waals surface area contributed by atoms with Gasteiger partial charge in [0.15, 0.2) is 0 Å². The summed E-state index contributed by atoms with van der Waals surface area (Å²) in [5.41, 5.74) is 0.964. The van der Waals surface area contributed by atoms with Gasteiger partial charge in [0.2, 0.25) is 0 Å². The molecule has 0 fully saturated rings. The Morgan fingerprint density at radius 2 is 1.24 bits per heavy atom. The second-order valence-electron chi connectivity index (χ2n) is 9.40. The molecule has 10 heteroatoms. The van der Waals surface area contributed by atoms with Crippen molar-refractivity contribution >= 4 is 24.0 Å². The second kappa shape index (κ2) is 18.2. The number of fused-ring (bicyclic) bond motifs is 1. The minimum Gasteiger partial charge on any atom is -0.448 e. The fourth-order valence-corrected chi connectivity index (χ4v) is 4.11. The normalized spacial score (nSPS) is 12.6. The van der Waals surface area contributed by atoms with E-state index in [0.29, 0.717) is 43.9 Å². The molecule has 0 aromatic heterocycles. The number of benzene rings is 1. The van der Waals surface area contributed by atoms with Gasteiger partial charge in [0.25, 0.3) is 11.8 Å². The molecule has 1 heterocycles. The molecule has 1 aromatic rings. The van der Waals surface area contributed by atoms with Crippen LogP contribution in [0, 0.1) is 0 Å². The van der Waals surface area contributed by atoms with Crippen LogP contribution < -0.4 is 10.6 Å². The molecule has 1 aliphatic heterocycles. The van der Waals surface area contributed by atoms with E-state index in [0.717, 1.165) is 57.9 Å². The molecule has 38 heavy (non-hydrogen) atoms. The maximum Gasteiger partial charge on any atom is 0.407 e. The van der Waals surface area contributed by atoms with Gasteiger partial charge < -0.3 is 20.1 Å². The molecule has 0 radical (unpaired) electrons. The van der Waals surface area contributed by atoms with Crippen molar-refractivity contribution in [1.82, 2.24) is 20.4 Å². The zero-order chi connectivity index (χ0) is 27.6. The number of imide groups is 1.